The highest BCUT2D eigenvalue weighted by Crippen LogP contribution is 2.36. The molecule has 0 aliphatic carbocycles. The van der Waals surface area contributed by atoms with E-state index in [1.807, 2.05) is 0 Å². The quantitative estimate of drug-likeness (QED) is 0.327. The fourth-order valence-corrected chi connectivity index (χ4v) is 3.91. The van der Waals surface area contributed by atoms with Crippen molar-refractivity contribution in [3.8, 4) is 11.1 Å². The molecule has 1 heterocycles. The average molecular weight is 464 g/mol. The summed E-state index contributed by atoms with van der Waals surface area (Å²) >= 11 is 13.0. The molecule has 2 aromatic carbocycles. The van der Waals surface area contributed by atoms with E-state index >= 15 is 0 Å². The molecule has 0 unspecified atom stereocenters. The number of hydrogen-bond donors (Lipinski definition) is 1. The summed E-state index contributed by atoms with van der Waals surface area (Å²) in [5.74, 6) is -1.38. The van der Waals surface area contributed by atoms with Gasteiger partial charge < -0.3 is 10.1 Å². The van der Waals surface area contributed by atoms with E-state index in [9.17, 15) is 14.0 Å². The fourth-order valence-electron chi connectivity index (χ4n) is 2.64. The normalized spacial score (nSPS) is 10.9. The molecule has 8 heteroatoms. The van der Waals surface area contributed by atoms with Crippen LogP contribution < -0.4 is 5.32 Å². The van der Waals surface area contributed by atoms with Crippen molar-refractivity contribution in [2.45, 2.75) is 6.92 Å². The van der Waals surface area contributed by atoms with Crippen molar-refractivity contribution in [3.63, 3.8) is 0 Å². The number of halogens is 3. The number of hydrogen-bond acceptors (Lipinski definition) is 4. The Balaban J connectivity index is 1.86. The van der Waals surface area contributed by atoms with E-state index in [0.29, 0.717) is 31.7 Å². The van der Waals surface area contributed by atoms with Gasteiger partial charge in [0.2, 0.25) is 5.91 Å². The van der Waals surface area contributed by atoms with Crippen molar-refractivity contribution in [2.24, 2.45) is 0 Å². The van der Waals surface area contributed by atoms with Gasteiger partial charge in [0, 0.05) is 17.0 Å². The number of rotatable bonds is 6. The summed E-state index contributed by atoms with van der Waals surface area (Å²) in [5, 5.41) is 5.57. The van der Waals surface area contributed by atoms with E-state index in [4.69, 9.17) is 27.9 Å². The number of ether oxygens (including phenoxy) is 1. The number of anilines is 1. The van der Waals surface area contributed by atoms with Crippen LogP contribution in [0.2, 0.25) is 10.0 Å². The number of amides is 1. The maximum absolute atomic E-state index is 13.3. The zero-order valence-corrected chi connectivity index (χ0v) is 18.1. The molecule has 0 saturated carbocycles. The molecule has 3 rings (SSSR count). The summed E-state index contributed by atoms with van der Waals surface area (Å²) in [6.07, 6.45) is 2.90. The minimum Gasteiger partial charge on any atom is -0.462 e. The van der Waals surface area contributed by atoms with Gasteiger partial charge in [-0.2, -0.15) is 0 Å². The third kappa shape index (κ3) is 5.27. The zero-order valence-electron chi connectivity index (χ0n) is 15.7. The van der Waals surface area contributed by atoms with Crippen LogP contribution in [0.5, 0.6) is 0 Å². The predicted octanol–water partition coefficient (Wildman–Crippen LogP) is 6.69. The first-order chi connectivity index (χ1) is 14.4. The van der Waals surface area contributed by atoms with E-state index in [1.165, 1.54) is 29.5 Å². The Kier molecular flexibility index (Phi) is 7.26. The fraction of sp³-hybridized carbons (Fsp3) is 0.0909. The third-order valence-corrected chi connectivity index (χ3v) is 5.67. The smallest absolute Gasteiger partial charge is 0.341 e. The molecular weight excluding hydrogens is 448 g/mol. The van der Waals surface area contributed by atoms with Gasteiger partial charge in [-0.05, 0) is 48.4 Å². The van der Waals surface area contributed by atoms with E-state index in [1.54, 1.807) is 48.7 Å². The van der Waals surface area contributed by atoms with Crippen molar-refractivity contribution >= 4 is 57.5 Å². The Morgan fingerprint density at radius 3 is 2.53 bits per heavy atom. The molecule has 0 atom stereocenters. The van der Waals surface area contributed by atoms with Gasteiger partial charge in [0.15, 0.2) is 0 Å². The van der Waals surface area contributed by atoms with Crippen LogP contribution >= 0.6 is 34.5 Å². The molecule has 3 aromatic rings. The summed E-state index contributed by atoms with van der Waals surface area (Å²) < 4.78 is 18.4. The topological polar surface area (TPSA) is 55.4 Å². The third-order valence-electron chi connectivity index (χ3n) is 4.03. The van der Waals surface area contributed by atoms with Gasteiger partial charge >= 0.3 is 5.97 Å². The molecule has 0 aliphatic heterocycles. The van der Waals surface area contributed by atoms with Crippen molar-refractivity contribution in [3.05, 3.63) is 80.9 Å². The summed E-state index contributed by atoms with van der Waals surface area (Å²) in [5.41, 5.74) is 2.12. The van der Waals surface area contributed by atoms with Gasteiger partial charge in [-0.1, -0.05) is 41.4 Å². The summed E-state index contributed by atoms with van der Waals surface area (Å²) in [6.45, 7) is 1.88. The van der Waals surface area contributed by atoms with Crippen LogP contribution in [-0.4, -0.2) is 18.5 Å². The summed E-state index contributed by atoms with van der Waals surface area (Å²) in [6, 6.07) is 10.7. The molecule has 0 aliphatic rings. The van der Waals surface area contributed by atoms with Gasteiger partial charge in [0.25, 0.3) is 0 Å². The molecular formula is C22H16Cl2FNO3S. The van der Waals surface area contributed by atoms with Crippen LogP contribution in [0.4, 0.5) is 9.39 Å². The van der Waals surface area contributed by atoms with E-state index in [-0.39, 0.29) is 18.0 Å². The minimum absolute atomic E-state index is 0.183. The number of carbonyl (C=O) groups excluding carboxylic acids is 2. The number of esters is 1. The number of nitrogens with one attached hydrogen (secondary N) is 1. The van der Waals surface area contributed by atoms with Crippen LogP contribution in [0.25, 0.3) is 17.2 Å². The van der Waals surface area contributed by atoms with Crippen LogP contribution in [0, 0.1) is 5.82 Å². The molecule has 1 aromatic heterocycles. The first-order valence-corrected chi connectivity index (χ1v) is 10.5. The predicted molar refractivity (Wildman–Crippen MR) is 120 cm³/mol. The number of benzene rings is 2. The van der Waals surface area contributed by atoms with Gasteiger partial charge in [0.1, 0.15) is 16.4 Å². The van der Waals surface area contributed by atoms with Crippen molar-refractivity contribution in [1.82, 2.24) is 0 Å². The van der Waals surface area contributed by atoms with Gasteiger partial charge in [-0.15, -0.1) is 11.3 Å². The lowest BCUT2D eigenvalue weighted by Crippen LogP contribution is -2.12. The van der Waals surface area contributed by atoms with Crippen LogP contribution in [0.3, 0.4) is 0 Å². The lowest BCUT2D eigenvalue weighted by molar-refractivity contribution is -0.111. The van der Waals surface area contributed by atoms with Gasteiger partial charge in [-0.3, -0.25) is 4.79 Å². The Bertz CT molecular complexity index is 1110. The van der Waals surface area contributed by atoms with Gasteiger partial charge in [0.05, 0.1) is 16.7 Å². The molecule has 1 N–H and O–H groups in total. The summed E-state index contributed by atoms with van der Waals surface area (Å²) in [7, 11) is 0. The minimum atomic E-state index is -0.568. The second-order valence-corrected chi connectivity index (χ2v) is 7.77. The lowest BCUT2D eigenvalue weighted by atomic mass is 10.0. The Hall–Kier alpha value is -2.67. The molecule has 0 fully saturated rings. The van der Waals surface area contributed by atoms with E-state index < -0.39 is 11.9 Å². The van der Waals surface area contributed by atoms with E-state index in [0.717, 1.165) is 0 Å². The molecule has 0 bridgehead atoms. The molecule has 0 radical (unpaired) electrons. The Morgan fingerprint density at radius 2 is 1.87 bits per heavy atom. The molecule has 154 valence electrons. The molecule has 30 heavy (non-hydrogen) atoms. The monoisotopic (exact) mass is 463 g/mol. The first-order valence-electron chi connectivity index (χ1n) is 8.87. The van der Waals surface area contributed by atoms with Gasteiger partial charge in [-0.25, -0.2) is 9.18 Å². The molecule has 0 spiro atoms. The van der Waals surface area contributed by atoms with Crippen molar-refractivity contribution in [2.75, 3.05) is 11.9 Å². The zero-order chi connectivity index (χ0) is 21.7. The highest BCUT2D eigenvalue weighted by molar-refractivity contribution is 7.15. The molecule has 4 nitrogen and oxygen atoms in total. The van der Waals surface area contributed by atoms with Crippen molar-refractivity contribution in [1.29, 1.82) is 0 Å². The highest BCUT2D eigenvalue weighted by atomic mass is 35.5. The second-order valence-electron chi connectivity index (χ2n) is 6.08. The lowest BCUT2D eigenvalue weighted by Gasteiger charge is -2.08. The first kappa shape index (κ1) is 22.0. The maximum Gasteiger partial charge on any atom is 0.341 e. The Morgan fingerprint density at radius 1 is 1.13 bits per heavy atom. The standard InChI is InChI=1S/C22H16Cl2FNO3S/c1-2-29-22(28)20-16(14-5-7-15(25)8-6-14)12-30-21(20)26-19(27)10-4-13-3-9-17(23)18(24)11-13/h3-12H,2H2,1H3,(H,26,27). The molecule has 0 saturated heterocycles. The van der Waals surface area contributed by atoms with Crippen LogP contribution in [0.15, 0.2) is 53.9 Å². The SMILES string of the molecule is CCOC(=O)c1c(-c2ccc(F)cc2)csc1NC(=O)C=Cc1ccc(Cl)c(Cl)c1. The van der Waals surface area contributed by atoms with E-state index in [2.05, 4.69) is 5.32 Å². The number of thiophene rings is 1. The highest BCUT2D eigenvalue weighted by Gasteiger charge is 2.22. The van der Waals surface area contributed by atoms with Crippen molar-refractivity contribution < 1.29 is 18.7 Å². The average Bonchev–Trinajstić information content (AvgIpc) is 3.13. The molecule has 1 amide bonds. The summed E-state index contributed by atoms with van der Waals surface area (Å²) in [4.78, 5) is 24.9. The van der Waals surface area contributed by atoms with Crippen LogP contribution in [0.1, 0.15) is 22.8 Å². The number of carbonyl (C=O) groups is 2. The van der Waals surface area contributed by atoms with Crippen LogP contribution in [-0.2, 0) is 9.53 Å². The maximum atomic E-state index is 13.3. The second kappa shape index (κ2) is 9.89. The Labute approximate surface area is 186 Å². The largest absolute Gasteiger partial charge is 0.462 e.